The van der Waals surface area contributed by atoms with Crippen molar-refractivity contribution in [3.05, 3.63) is 58.7 Å². The van der Waals surface area contributed by atoms with E-state index in [1.807, 2.05) is 11.8 Å². The lowest BCUT2D eigenvalue weighted by atomic mass is 10.0. The van der Waals surface area contributed by atoms with Crippen molar-refractivity contribution in [2.75, 3.05) is 12.4 Å². The summed E-state index contributed by atoms with van der Waals surface area (Å²) in [7, 11) is 0. The van der Waals surface area contributed by atoms with Crippen molar-refractivity contribution >= 4 is 23.4 Å². The maximum Gasteiger partial charge on any atom is 0.125 e. The number of rotatable bonds is 4. The third-order valence-electron chi connectivity index (χ3n) is 3.90. The summed E-state index contributed by atoms with van der Waals surface area (Å²) in [5, 5.41) is 0. The highest BCUT2D eigenvalue weighted by Gasteiger charge is 2.23. The van der Waals surface area contributed by atoms with E-state index in [4.69, 9.17) is 16.3 Å². The topological polar surface area (TPSA) is 9.23 Å². The number of halogens is 1. The maximum atomic E-state index is 6.15. The van der Waals surface area contributed by atoms with Crippen LogP contribution in [0.15, 0.2) is 41.3 Å². The van der Waals surface area contributed by atoms with Crippen LogP contribution >= 0.6 is 23.4 Å². The van der Waals surface area contributed by atoms with Crippen LogP contribution in [0.3, 0.4) is 0 Å². The van der Waals surface area contributed by atoms with Crippen molar-refractivity contribution in [3.8, 4) is 5.75 Å². The molecule has 1 aliphatic rings. The fourth-order valence-electron chi connectivity index (χ4n) is 2.90. The van der Waals surface area contributed by atoms with Gasteiger partial charge in [0.05, 0.1) is 6.61 Å². The van der Waals surface area contributed by atoms with Crippen LogP contribution in [0.25, 0.3) is 0 Å². The minimum Gasteiger partial charge on any atom is -0.492 e. The molecule has 0 radical (unpaired) electrons. The van der Waals surface area contributed by atoms with E-state index < -0.39 is 0 Å². The zero-order chi connectivity index (χ0) is 14.8. The molecule has 0 fully saturated rings. The second kappa shape index (κ2) is 6.33. The normalized spacial score (nSPS) is 16.8. The minimum atomic E-state index is 0.484. The predicted octanol–water partition coefficient (Wildman–Crippen LogP) is 5.31. The highest BCUT2D eigenvalue weighted by molar-refractivity contribution is 7.99. The van der Waals surface area contributed by atoms with Crippen molar-refractivity contribution in [2.24, 2.45) is 0 Å². The summed E-state index contributed by atoms with van der Waals surface area (Å²) in [6, 6.07) is 12.9. The zero-order valence-electron chi connectivity index (χ0n) is 12.4. The van der Waals surface area contributed by atoms with Crippen molar-refractivity contribution in [1.82, 2.24) is 0 Å². The Labute approximate surface area is 135 Å². The van der Waals surface area contributed by atoms with Crippen molar-refractivity contribution in [1.29, 1.82) is 0 Å². The van der Waals surface area contributed by atoms with Crippen LogP contribution in [0.2, 0.25) is 0 Å². The highest BCUT2D eigenvalue weighted by atomic mass is 35.5. The van der Waals surface area contributed by atoms with Gasteiger partial charge < -0.3 is 4.74 Å². The average Bonchev–Trinajstić information content (AvgIpc) is 2.89. The van der Waals surface area contributed by atoms with Crippen LogP contribution in [0, 0.1) is 13.8 Å². The Morgan fingerprint density at radius 1 is 1.19 bits per heavy atom. The average molecular weight is 319 g/mol. The molecule has 1 unspecified atom stereocenters. The van der Waals surface area contributed by atoms with Crippen LogP contribution in [0.1, 0.15) is 28.2 Å². The molecular weight excluding hydrogens is 300 g/mol. The molecule has 1 atom stereocenters. The van der Waals surface area contributed by atoms with Crippen molar-refractivity contribution in [3.63, 3.8) is 0 Å². The summed E-state index contributed by atoms with van der Waals surface area (Å²) >= 11 is 7.84. The van der Waals surface area contributed by atoms with Gasteiger partial charge >= 0.3 is 0 Å². The van der Waals surface area contributed by atoms with E-state index in [-0.39, 0.29) is 0 Å². The quantitative estimate of drug-likeness (QED) is 0.706. The molecule has 2 aromatic rings. The van der Waals surface area contributed by atoms with Crippen molar-refractivity contribution in [2.45, 2.75) is 30.5 Å². The zero-order valence-corrected chi connectivity index (χ0v) is 13.9. The number of fused-ring (bicyclic) bond motifs is 1. The molecule has 0 N–H and O–H groups in total. The lowest BCUT2D eigenvalue weighted by Gasteiger charge is -2.17. The molecule has 0 spiro atoms. The van der Waals surface area contributed by atoms with Gasteiger partial charge in [-0.05, 0) is 42.2 Å². The number of aryl methyl sites for hydroxylation is 2. The van der Waals surface area contributed by atoms with Gasteiger partial charge in [-0.25, -0.2) is 0 Å². The Hall–Kier alpha value is -1.12. The summed E-state index contributed by atoms with van der Waals surface area (Å²) in [6.45, 7) is 4.93. The highest BCUT2D eigenvalue weighted by Crippen LogP contribution is 2.39. The second-order valence-corrected chi connectivity index (χ2v) is 6.88. The van der Waals surface area contributed by atoms with Gasteiger partial charge in [-0.15, -0.1) is 23.4 Å². The van der Waals surface area contributed by atoms with Gasteiger partial charge in [0.25, 0.3) is 0 Å². The van der Waals surface area contributed by atoms with Gasteiger partial charge in [0, 0.05) is 22.4 Å². The van der Waals surface area contributed by atoms with E-state index in [0.717, 1.165) is 23.7 Å². The van der Waals surface area contributed by atoms with Crippen LogP contribution in [0.4, 0.5) is 0 Å². The van der Waals surface area contributed by atoms with Crippen molar-refractivity contribution < 1.29 is 4.74 Å². The van der Waals surface area contributed by atoms with Gasteiger partial charge in [0.2, 0.25) is 0 Å². The first kappa shape index (κ1) is 14.8. The van der Waals surface area contributed by atoms with Crippen LogP contribution < -0.4 is 4.74 Å². The molecule has 0 aliphatic carbocycles. The van der Waals surface area contributed by atoms with Gasteiger partial charge in [0.15, 0.2) is 0 Å². The lowest BCUT2D eigenvalue weighted by molar-refractivity contribution is 0.294. The summed E-state index contributed by atoms with van der Waals surface area (Å²) in [5.74, 6) is 3.15. The molecule has 21 heavy (non-hydrogen) atoms. The molecule has 110 valence electrons. The molecule has 2 aromatic carbocycles. The SMILES string of the molecule is Cc1cc(CCl)cc(C)c1OCC1CSc2ccccc21. The number of benzene rings is 2. The Bertz CT molecular complexity index is 630. The number of alkyl halides is 1. The molecule has 0 saturated carbocycles. The monoisotopic (exact) mass is 318 g/mol. The minimum absolute atomic E-state index is 0.484. The van der Waals surface area contributed by atoms with Gasteiger partial charge in [0.1, 0.15) is 5.75 Å². The molecule has 0 bridgehead atoms. The fourth-order valence-corrected chi connectivity index (χ4v) is 4.28. The number of thioether (sulfide) groups is 1. The molecule has 0 saturated heterocycles. The summed E-state index contributed by atoms with van der Waals surface area (Å²) in [5.41, 5.74) is 4.92. The van der Waals surface area contributed by atoms with Crippen LogP contribution in [-0.4, -0.2) is 12.4 Å². The first-order valence-corrected chi connectivity index (χ1v) is 8.71. The second-order valence-electron chi connectivity index (χ2n) is 5.55. The molecule has 3 heteroatoms. The molecule has 1 heterocycles. The number of hydrogen-bond acceptors (Lipinski definition) is 2. The first-order chi connectivity index (χ1) is 10.2. The van der Waals surface area contributed by atoms with E-state index in [9.17, 15) is 0 Å². The molecule has 3 rings (SSSR count). The summed E-state index contributed by atoms with van der Waals surface area (Å²) in [6.07, 6.45) is 0. The molecule has 0 aromatic heterocycles. The largest absolute Gasteiger partial charge is 0.492 e. The first-order valence-electron chi connectivity index (χ1n) is 7.19. The van der Waals surface area contributed by atoms with E-state index in [1.54, 1.807) is 0 Å². The summed E-state index contributed by atoms with van der Waals surface area (Å²) in [4.78, 5) is 1.40. The lowest BCUT2D eigenvalue weighted by Crippen LogP contribution is -2.11. The Morgan fingerprint density at radius 3 is 2.62 bits per heavy atom. The van der Waals surface area contributed by atoms with Gasteiger partial charge in [-0.1, -0.05) is 30.3 Å². The predicted molar refractivity (Wildman–Crippen MR) is 90.9 cm³/mol. The third-order valence-corrected chi connectivity index (χ3v) is 5.46. The Kier molecular flexibility index (Phi) is 4.46. The van der Waals surface area contributed by atoms with Crippen LogP contribution in [0.5, 0.6) is 5.75 Å². The van der Waals surface area contributed by atoms with Gasteiger partial charge in [-0.2, -0.15) is 0 Å². The number of hydrogen-bond donors (Lipinski definition) is 0. The molecule has 0 amide bonds. The van der Waals surface area contributed by atoms with E-state index >= 15 is 0 Å². The smallest absolute Gasteiger partial charge is 0.125 e. The molecule has 1 nitrogen and oxygen atoms in total. The summed E-state index contributed by atoms with van der Waals surface area (Å²) < 4.78 is 6.15. The molecule has 1 aliphatic heterocycles. The van der Waals surface area contributed by atoms with Gasteiger partial charge in [-0.3, -0.25) is 0 Å². The maximum absolute atomic E-state index is 6.15. The third kappa shape index (κ3) is 3.07. The van der Waals surface area contributed by atoms with E-state index in [0.29, 0.717) is 11.8 Å². The Morgan fingerprint density at radius 2 is 1.90 bits per heavy atom. The molecular formula is C18H19ClOS. The van der Waals surface area contributed by atoms with E-state index in [1.165, 1.54) is 21.6 Å². The van der Waals surface area contributed by atoms with E-state index in [2.05, 4.69) is 50.2 Å². The number of ether oxygens (including phenoxy) is 1. The standard InChI is InChI=1S/C18H19ClOS/c1-12-7-14(9-19)8-13(2)18(12)20-10-15-11-21-17-6-4-3-5-16(15)17/h3-8,15H,9-11H2,1-2H3. The Balaban J connectivity index is 1.75. The van der Waals surface area contributed by atoms with Crippen LogP contribution in [-0.2, 0) is 5.88 Å². The fraction of sp³-hybridized carbons (Fsp3) is 0.333.